The molecule has 0 unspecified atom stereocenters. The molecule has 0 radical (unpaired) electrons. The van der Waals surface area contributed by atoms with Crippen LogP contribution in [-0.4, -0.2) is 13.5 Å². The van der Waals surface area contributed by atoms with E-state index in [1.54, 1.807) is 12.1 Å². The molecule has 0 atom stereocenters. The van der Waals surface area contributed by atoms with Gasteiger partial charge in [-0.2, -0.15) is 0 Å². The van der Waals surface area contributed by atoms with Gasteiger partial charge in [-0.3, -0.25) is 4.72 Å². The number of nitrogens with one attached hydrogen (secondary N) is 1. The predicted molar refractivity (Wildman–Crippen MR) is 88.5 cm³/mol. The fraction of sp³-hybridized carbons (Fsp3) is 0. The summed E-state index contributed by atoms with van der Waals surface area (Å²) in [7, 11) is -3.72. The van der Waals surface area contributed by atoms with E-state index in [9.17, 15) is 13.5 Å². The number of anilines is 1. The molecule has 2 rings (SSSR count). The first-order chi connectivity index (χ1) is 9.29. The molecule has 0 fully saturated rings. The summed E-state index contributed by atoms with van der Waals surface area (Å²) in [5.74, 6) is 0.00922. The molecular weight excluding hydrogens is 478 g/mol. The second-order valence-corrected chi connectivity index (χ2v) is 8.15. The second kappa shape index (κ2) is 6.05. The van der Waals surface area contributed by atoms with Crippen LogP contribution in [0.2, 0.25) is 0 Å². The molecule has 0 bridgehead atoms. The molecule has 0 saturated heterocycles. The third-order valence-corrected chi connectivity index (χ3v) is 5.46. The van der Waals surface area contributed by atoms with Crippen LogP contribution >= 0.6 is 47.8 Å². The number of benzene rings is 2. The van der Waals surface area contributed by atoms with Crippen molar-refractivity contribution in [2.45, 2.75) is 4.90 Å². The van der Waals surface area contributed by atoms with Crippen LogP contribution in [0, 0.1) is 0 Å². The molecule has 0 aliphatic carbocycles. The monoisotopic (exact) mass is 483 g/mol. The molecule has 8 heteroatoms. The molecule has 2 N–H and O–H groups in total. The molecule has 0 aromatic heterocycles. The third-order valence-electron chi connectivity index (χ3n) is 2.39. The van der Waals surface area contributed by atoms with E-state index < -0.39 is 10.0 Å². The number of phenols is 1. The molecule has 20 heavy (non-hydrogen) atoms. The van der Waals surface area contributed by atoms with E-state index in [2.05, 4.69) is 52.5 Å². The maximum absolute atomic E-state index is 12.3. The van der Waals surface area contributed by atoms with Gasteiger partial charge in [-0.1, -0.05) is 15.9 Å². The van der Waals surface area contributed by atoms with Crippen LogP contribution in [0.25, 0.3) is 0 Å². The van der Waals surface area contributed by atoms with Crippen molar-refractivity contribution in [3.63, 3.8) is 0 Å². The molecular formula is C12H8Br3NO3S. The normalized spacial score (nSPS) is 11.3. The van der Waals surface area contributed by atoms with Crippen LogP contribution in [0.15, 0.2) is 54.7 Å². The zero-order chi connectivity index (χ0) is 14.9. The summed E-state index contributed by atoms with van der Waals surface area (Å²) < 4.78 is 29.0. The second-order valence-electron chi connectivity index (χ2n) is 3.84. The summed E-state index contributed by atoms with van der Waals surface area (Å²) in [6.45, 7) is 0. The van der Waals surface area contributed by atoms with Gasteiger partial charge in [0.05, 0.1) is 10.6 Å². The van der Waals surface area contributed by atoms with Crippen LogP contribution in [-0.2, 0) is 10.0 Å². The Bertz CT molecular complexity index is 722. The third kappa shape index (κ3) is 3.55. The molecule has 0 aliphatic heterocycles. The Morgan fingerprint density at radius 3 is 1.95 bits per heavy atom. The lowest BCUT2D eigenvalue weighted by atomic mass is 10.3. The fourth-order valence-electron chi connectivity index (χ4n) is 1.46. The minimum absolute atomic E-state index is 0.00922. The predicted octanol–water partition coefficient (Wildman–Crippen LogP) is 4.48. The van der Waals surface area contributed by atoms with Gasteiger partial charge in [0.15, 0.2) is 0 Å². The van der Waals surface area contributed by atoms with E-state index in [1.165, 1.54) is 24.3 Å². The minimum Gasteiger partial charge on any atom is -0.508 e. The highest BCUT2D eigenvalue weighted by Crippen LogP contribution is 2.35. The maximum atomic E-state index is 12.3. The van der Waals surface area contributed by atoms with Gasteiger partial charge in [-0.25, -0.2) is 8.42 Å². The molecule has 2 aromatic rings. The molecule has 0 saturated carbocycles. The van der Waals surface area contributed by atoms with Crippen molar-refractivity contribution < 1.29 is 13.5 Å². The SMILES string of the molecule is O=S(=O)(Nc1c(Br)cc(Br)cc1Br)c1ccc(O)cc1. The molecule has 106 valence electrons. The van der Waals surface area contributed by atoms with Crippen LogP contribution in [0.1, 0.15) is 0 Å². The smallest absolute Gasteiger partial charge is 0.261 e. The van der Waals surface area contributed by atoms with Gasteiger partial charge in [0, 0.05) is 13.4 Å². The first kappa shape index (κ1) is 15.8. The Labute approximate surface area is 141 Å². The van der Waals surface area contributed by atoms with E-state index in [1.807, 2.05) is 0 Å². The Morgan fingerprint density at radius 1 is 0.950 bits per heavy atom. The van der Waals surface area contributed by atoms with Crippen molar-refractivity contribution in [2.75, 3.05) is 4.72 Å². The zero-order valence-electron chi connectivity index (χ0n) is 9.77. The molecule has 0 aliphatic rings. The molecule has 2 aromatic carbocycles. The Kier molecular flexibility index (Phi) is 4.78. The van der Waals surface area contributed by atoms with Gasteiger partial charge in [-0.15, -0.1) is 0 Å². The number of hydrogen-bond donors (Lipinski definition) is 2. The fourth-order valence-corrected chi connectivity index (χ4v) is 5.28. The first-order valence-corrected chi connectivity index (χ1v) is 9.12. The van der Waals surface area contributed by atoms with Crippen LogP contribution in [0.5, 0.6) is 5.75 Å². The highest BCUT2D eigenvalue weighted by atomic mass is 79.9. The summed E-state index contributed by atoms with van der Waals surface area (Å²) in [6.07, 6.45) is 0. The first-order valence-electron chi connectivity index (χ1n) is 5.26. The van der Waals surface area contributed by atoms with E-state index in [0.29, 0.717) is 14.6 Å². The molecule has 0 spiro atoms. The van der Waals surface area contributed by atoms with Gasteiger partial charge >= 0.3 is 0 Å². The quantitative estimate of drug-likeness (QED) is 0.673. The zero-order valence-corrected chi connectivity index (χ0v) is 15.3. The molecule has 0 heterocycles. The minimum atomic E-state index is -3.72. The van der Waals surface area contributed by atoms with Crippen molar-refractivity contribution >= 4 is 63.5 Å². The Hall–Kier alpha value is -0.570. The number of sulfonamides is 1. The van der Waals surface area contributed by atoms with E-state index in [4.69, 9.17) is 0 Å². The largest absolute Gasteiger partial charge is 0.508 e. The summed E-state index contributed by atoms with van der Waals surface area (Å²) in [5, 5.41) is 9.20. The number of rotatable bonds is 3. The average molecular weight is 486 g/mol. The highest BCUT2D eigenvalue weighted by Gasteiger charge is 2.17. The highest BCUT2D eigenvalue weighted by molar-refractivity contribution is 9.11. The molecule has 4 nitrogen and oxygen atoms in total. The Balaban J connectivity index is 2.41. The van der Waals surface area contributed by atoms with E-state index in [0.717, 1.165) is 4.47 Å². The summed E-state index contributed by atoms with van der Waals surface area (Å²) in [5.41, 5.74) is 0.404. The van der Waals surface area contributed by atoms with Crippen molar-refractivity contribution in [2.24, 2.45) is 0 Å². The average Bonchev–Trinajstić information content (AvgIpc) is 2.34. The summed E-state index contributed by atoms with van der Waals surface area (Å²) in [6, 6.07) is 8.77. The summed E-state index contributed by atoms with van der Waals surface area (Å²) >= 11 is 9.93. The standard InChI is InChI=1S/C12H8Br3NO3S/c13-7-5-10(14)12(11(15)6-7)16-20(18,19)9-3-1-8(17)2-4-9/h1-6,16-17H. The van der Waals surface area contributed by atoms with Crippen LogP contribution < -0.4 is 4.72 Å². The van der Waals surface area contributed by atoms with Crippen molar-refractivity contribution in [1.29, 1.82) is 0 Å². The maximum Gasteiger partial charge on any atom is 0.261 e. The van der Waals surface area contributed by atoms with Crippen molar-refractivity contribution in [1.82, 2.24) is 0 Å². The number of phenolic OH excluding ortho intramolecular Hbond substituents is 1. The van der Waals surface area contributed by atoms with E-state index in [-0.39, 0.29) is 10.6 Å². The topological polar surface area (TPSA) is 66.4 Å². The summed E-state index contributed by atoms with van der Waals surface area (Å²) in [4.78, 5) is 0.0667. The van der Waals surface area contributed by atoms with Gasteiger partial charge in [0.2, 0.25) is 0 Å². The van der Waals surface area contributed by atoms with Crippen molar-refractivity contribution in [3.05, 3.63) is 49.8 Å². The van der Waals surface area contributed by atoms with Gasteiger partial charge in [0.1, 0.15) is 5.75 Å². The lowest BCUT2D eigenvalue weighted by molar-refractivity contribution is 0.475. The van der Waals surface area contributed by atoms with Crippen LogP contribution in [0.4, 0.5) is 5.69 Å². The van der Waals surface area contributed by atoms with Crippen molar-refractivity contribution in [3.8, 4) is 5.75 Å². The van der Waals surface area contributed by atoms with E-state index >= 15 is 0 Å². The number of halogens is 3. The van der Waals surface area contributed by atoms with Gasteiger partial charge < -0.3 is 5.11 Å². The molecule has 0 amide bonds. The lowest BCUT2D eigenvalue weighted by Gasteiger charge is -2.12. The van der Waals surface area contributed by atoms with Gasteiger partial charge in [0.25, 0.3) is 10.0 Å². The number of hydrogen-bond acceptors (Lipinski definition) is 3. The van der Waals surface area contributed by atoms with Gasteiger partial charge in [-0.05, 0) is 68.3 Å². The number of aromatic hydroxyl groups is 1. The van der Waals surface area contributed by atoms with Crippen LogP contribution in [0.3, 0.4) is 0 Å². The lowest BCUT2D eigenvalue weighted by Crippen LogP contribution is -2.13. The Morgan fingerprint density at radius 2 is 1.45 bits per heavy atom.